The first kappa shape index (κ1) is 26.8. The van der Waals surface area contributed by atoms with Crippen LogP contribution in [0, 0.1) is 38.9 Å². The largest absolute Gasteiger partial charge is 0.472 e. The average molecular weight is 595 g/mol. The van der Waals surface area contributed by atoms with E-state index in [1.54, 1.807) is 18.6 Å². The Labute approximate surface area is 249 Å². The van der Waals surface area contributed by atoms with Gasteiger partial charge < -0.3 is 33.6 Å². The van der Waals surface area contributed by atoms with Crippen molar-refractivity contribution in [2.24, 2.45) is 38.9 Å². The maximum atomic E-state index is 15.1. The molecule has 230 valence electrons. The number of carbonyl (C=O) groups is 3. The Balaban J connectivity index is 1.30. The third-order valence-corrected chi connectivity index (χ3v) is 14.0. The van der Waals surface area contributed by atoms with Crippen LogP contribution in [0.15, 0.2) is 35.2 Å². The summed E-state index contributed by atoms with van der Waals surface area (Å²) in [6, 6.07) is 1.79. The normalized spacial score (nSPS) is 55.0. The van der Waals surface area contributed by atoms with Crippen LogP contribution >= 0.6 is 0 Å². The van der Waals surface area contributed by atoms with Crippen LogP contribution < -0.4 is 0 Å². The van der Waals surface area contributed by atoms with Gasteiger partial charge in [-0.15, -0.1) is 0 Å². The number of rotatable bonds is 2. The number of cyclic esters (lactones) is 2. The van der Waals surface area contributed by atoms with Crippen LogP contribution in [0.4, 0.5) is 0 Å². The van der Waals surface area contributed by atoms with E-state index in [9.17, 15) is 19.8 Å². The SMILES string of the molecule is CC1(C)OC2C3(CCC(CO)C3)C(=O)OCC23C2CCC4(C)C(c5ccoc5)OC(=O)C5OC54C24CC=CC13C(=O)C4O. The van der Waals surface area contributed by atoms with Gasteiger partial charge in [0, 0.05) is 23.0 Å². The Bertz CT molecular complexity index is 1500. The highest BCUT2D eigenvalue weighted by Gasteiger charge is 2.95. The number of aliphatic hydroxyl groups is 2. The van der Waals surface area contributed by atoms with E-state index in [0.717, 1.165) is 0 Å². The zero-order valence-corrected chi connectivity index (χ0v) is 24.7. The molecule has 43 heavy (non-hydrogen) atoms. The average Bonchev–Trinajstić information content (AvgIpc) is 3.28. The van der Waals surface area contributed by atoms with Crippen LogP contribution in [0.1, 0.15) is 71.0 Å². The van der Waals surface area contributed by atoms with E-state index in [0.29, 0.717) is 44.1 Å². The minimum Gasteiger partial charge on any atom is -0.472 e. The van der Waals surface area contributed by atoms with Crippen LogP contribution in [0.3, 0.4) is 0 Å². The maximum absolute atomic E-state index is 15.1. The maximum Gasteiger partial charge on any atom is 0.339 e. The molecule has 4 aliphatic heterocycles. The molecule has 0 aromatic carbocycles. The van der Waals surface area contributed by atoms with Gasteiger partial charge in [0.05, 0.1) is 40.5 Å². The number of hydrogen-bond donors (Lipinski definition) is 2. The predicted octanol–water partition coefficient (Wildman–Crippen LogP) is 2.81. The highest BCUT2D eigenvalue weighted by Crippen LogP contribution is 2.85. The summed E-state index contributed by atoms with van der Waals surface area (Å²) in [4.78, 5) is 42.5. The zero-order chi connectivity index (χ0) is 30.0. The topological polar surface area (TPSA) is 145 Å². The molecule has 1 aromatic heterocycles. The van der Waals surface area contributed by atoms with Crippen LogP contribution in [-0.2, 0) is 33.3 Å². The molecule has 7 fully saturated rings. The summed E-state index contributed by atoms with van der Waals surface area (Å²) in [5.41, 5.74) is -6.81. The van der Waals surface area contributed by atoms with Gasteiger partial charge in [0.15, 0.2) is 11.9 Å². The predicted molar refractivity (Wildman–Crippen MR) is 145 cm³/mol. The van der Waals surface area contributed by atoms with Gasteiger partial charge in [-0.1, -0.05) is 19.1 Å². The molecule has 12 atom stereocenters. The Morgan fingerprint density at radius 1 is 1.02 bits per heavy atom. The first-order valence-electron chi connectivity index (χ1n) is 15.7. The first-order valence-corrected chi connectivity index (χ1v) is 15.7. The molecule has 4 saturated heterocycles. The summed E-state index contributed by atoms with van der Waals surface area (Å²) >= 11 is 0. The number of epoxide rings is 1. The number of esters is 2. The molecule has 10 heteroatoms. The molecule has 12 unspecified atom stereocenters. The lowest BCUT2D eigenvalue weighted by molar-refractivity contribution is -0.273. The molecule has 5 aliphatic carbocycles. The lowest BCUT2D eigenvalue weighted by Crippen LogP contribution is -2.80. The van der Waals surface area contributed by atoms with Crippen molar-refractivity contribution in [1.29, 1.82) is 0 Å². The summed E-state index contributed by atoms with van der Waals surface area (Å²) in [6.07, 6.45) is 6.39. The van der Waals surface area contributed by atoms with E-state index < -0.39 is 68.7 Å². The van der Waals surface area contributed by atoms with Gasteiger partial charge in [-0.05, 0) is 70.3 Å². The van der Waals surface area contributed by atoms with Crippen molar-refractivity contribution in [2.75, 3.05) is 13.2 Å². The van der Waals surface area contributed by atoms with Crippen molar-refractivity contribution < 1.29 is 48.0 Å². The molecular formula is C33H38O10. The summed E-state index contributed by atoms with van der Waals surface area (Å²) in [7, 11) is 0. The fraction of sp³-hybridized carbons (Fsp3) is 0.727. The van der Waals surface area contributed by atoms with Gasteiger partial charge in [0.1, 0.15) is 24.4 Å². The molecule has 1 aromatic rings. The van der Waals surface area contributed by atoms with Crippen LogP contribution in [-0.4, -0.2) is 70.7 Å². The number of carbonyl (C=O) groups excluding carboxylic acids is 3. The minimum absolute atomic E-state index is 0.0201. The second-order valence-electron chi connectivity index (χ2n) is 15.4. The van der Waals surface area contributed by atoms with Crippen LogP contribution in [0.2, 0.25) is 0 Å². The van der Waals surface area contributed by atoms with Crippen molar-refractivity contribution in [3.63, 3.8) is 0 Å². The molecule has 5 spiro atoms. The minimum atomic E-state index is -1.44. The first-order chi connectivity index (χ1) is 20.4. The molecule has 0 amide bonds. The number of allylic oxidation sites excluding steroid dienone is 1. The molecule has 2 N–H and O–H groups in total. The molecule has 5 heterocycles. The van der Waals surface area contributed by atoms with Crippen molar-refractivity contribution in [2.45, 2.75) is 94.9 Å². The summed E-state index contributed by atoms with van der Waals surface area (Å²) in [5.74, 6) is -1.65. The third-order valence-electron chi connectivity index (χ3n) is 14.0. The second kappa shape index (κ2) is 7.63. The number of hydrogen-bond acceptors (Lipinski definition) is 10. The summed E-state index contributed by atoms with van der Waals surface area (Å²) in [5, 5.41) is 22.6. The number of aliphatic hydroxyl groups excluding tert-OH is 2. The number of ketones is 1. The molecular weight excluding hydrogens is 556 g/mol. The molecule has 2 bridgehead atoms. The van der Waals surface area contributed by atoms with Crippen molar-refractivity contribution in [3.8, 4) is 0 Å². The summed E-state index contributed by atoms with van der Waals surface area (Å²) in [6.45, 7) is 5.78. The zero-order valence-electron chi connectivity index (χ0n) is 24.7. The van der Waals surface area contributed by atoms with Gasteiger partial charge in [0.25, 0.3) is 0 Å². The van der Waals surface area contributed by atoms with E-state index >= 15 is 4.79 Å². The van der Waals surface area contributed by atoms with Crippen molar-refractivity contribution in [3.05, 3.63) is 36.3 Å². The highest BCUT2D eigenvalue weighted by molar-refractivity contribution is 5.98. The van der Waals surface area contributed by atoms with Gasteiger partial charge in [-0.2, -0.15) is 0 Å². The van der Waals surface area contributed by atoms with E-state index in [2.05, 4.69) is 0 Å². The van der Waals surface area contributed by atoms with Gasteiger partial charge in [-0.3, -0.25) is 9.59 Å². The highest BCUT2D eigenvalue weighted by atomic mass is 16.7. The van der Waals surface area contributed by atoms with Gasteiger partial charge in [-0.25, -0.2) is 4.79 Å². The Hall–Kier alpha value is -2.53. The molecule has 9 aliphatic rings. The Kier molecular flexibility index (Phi) is 4.76. The Morgan fingerprint density at radius 3 is 2.56 bits per heavy atom. The van der Waals surface area contributed by atoms with E-state index in [-0.39, 0.29) is 36.8 Å². The fourth-order valence-electron chi connectivity index (χ4n) is 12.5. The third kappa shape index (κ3) is 2.42. The number of fused-ring (bicyclic) bond motifs is 3. The standard InChI is InChI=1S/C33H38O10/c1-27(2)32-9-4-8-30(20(35)21(32)36)19(31(32)16-40-26(38)29(25(31)43-27)11-5-17(13-29)14-34)6-10-28(3)22(18-7-12-39-15-18)41-24(37)23-33(28,30)42-23/h4,7,9,12,15,17,19-20,22-23,25,34-35H,5-6,8,10-11,13-14,16H2,1-3H3. The number of furan rings is 1. The number of ether oxygens (including phenoxy) is 4. The second-order valence-corrected chi connectivity index (χ2v) is 15.4. The van der Waals surface area contributed by atoms with Crippen LogP contribution in [0.25, 0.3) is 0 Å². The van der Waals surface area contributed by atoms with Crippen molar-refractivity contribution >= 4 is 17.7 Å². The summed E-state index contributed by atoms with van der Waals surface area (Å²) < 4.78 is 31.3. The van der Waals surface area contributed by atoms with Gasteiger partial charge >= 0.3 is 11.9 Å². The monoisotopic (exact) mass is 594 g/mol. The van der Waals surface area contributed by atoms with E-state index in [1.807, 2.05) is 32.9 Å². The molecule has 10 rings (SSSR count). The van der Waals surface area contributed by atoms with Gasteiger partial charge in [0.2, 0.25) is 0 Å². The quantitative estimate of drug-likeness (QED) is 0.298. The lowest BCUT2D eigenvalue weighted by Gasteiger charge is -2.69. The van der Waals surface area contributed by atoms with Crippen LogP contribution in [0.5, 0.6) is 0 Å². The fourth-order valence-corrected chi connectivity index (χ4v) is 12.5. The van der Waals surface area contributed by atoms with Crippen molar-refractivity contribution in [1.82, 2.24) is 0 Å². The van der Waals surface area contributed by atoms with E-state index in [1.165, 1.54) is 0 Å². The lowest BCUT2D eigenvalue weighted by atomic mass is 9.32. The molecule has 10 nitrogen and oxygen atoms in total. The number of Topliss-reactive ketones (excluding diaryl/α,β-unsaturated/α-hetero) is 1. The molecule has 0 radical (unpaired) electrons. The molecule has 3 saturated carbocycles. The smallest absolute Gasteiger partial charge is 0.339 e. The Morgan fingerprint density at radius 2 is 1.84 bits per heavy atom. The van der Waals surface area contributed by atoms with E-state index in [4.69, 9.17) is 23.4 Å².